The lowest BCUT2D eigenvalue weighted by molar-refractivity contribution is 0.0511. The molecule has 1 aliphatic rings. The summed E-state index contributed by atoms with van der Waals surface area (Å²) in [6, 6.07) is 0.212. The van der Waals surface area contributed by atoms with Crippen LogP contribution in [0.4, 0.5) is 4.79 Å². The van der Waals surface area contributed by atoms with E-state index >= 15 is 0 Å². The second-order valence-electron chi connectivity index (χ2n) is 6.33. The van der Waals surface area contributed by atoms with Crippen LogP contribution in [0.2, 0.25) is 0 Å². The average Bonchev–Trinajstić information content (AvgIpc) is 2.76. The first-order valence-corrected chi connectivity index (χ1v) is 7.26. The third-order valence-corrected chi connectivity index (χ3v) is 3.56. The van der Waals surface area contributed by atoms with Crippen molar-refractivity contribution in [1.29, 1.82) is 0 Å². The van der Waals surface area contributed by atoms with Crippen LogP contribution in [0, 0.1) is 5.92 Å². The van der Waals surface area contributed by atoms with Gasteiger partial charge in [0, 0.05) is 25.7 Å². The topological polar surface area (TPSA) is 67.6 Å². The van der Waals surface area contributed by atoms with E-state index in [0.29, 0.717) is 13.1 Å². The molecule has 1 fully saturated rings. The Morgan fingerprint density at radius 1 is 1.53 bits per heavy atom. The number of ether oxygens (including phenoxy) is 1. The molecule has 0 saturated carbocycles. The largest absolute Gasteiger partial charge is 0.444 e. The van der Waals surface area contributed by atoms with E-state index in [1.165, 1.54) is 12.8 Å². The molecule has 112 valence electrons. The molecule has 1 heterocycles. The highest BCUT2D eigenvalue weighted by Gasteiger charge is 2.27. The van der Waals surface area contributed by atoms with E-state index in [9.17, 15) is 4.79 Å². The van der Waals surface area contributed by atoms with Crippen LogP contribution in [0.15, 0.2) is 0 Å². The third kappa shape index (κ3) is 5.78. The molecule has 5 nitrogen and oxygen atoms in total. The van der Waals surface area contributed by atoms with Gasteiger partial charge in [0.05, 0.1) is 0 Å². The lowest BCUT2D eigenvalue weighted by Crippen LogP contribution is -2.48. The Bertz CT molecular complexity index is 289. The second-order valence-corrected chi connectivity index (χ2v) is 6.33. The molecular formula is C14H29N3O2. The first kappa shape index (κ1) is 16.2. The summed E-state index contributed by atoms with van der Waals surface area (Å²) in [6.45, 7) is 11.1. The van der Waals surface area contributed by atoms with Crippen molar-refractivity contribution in [3.63, 3.8) is 0 Å². The maximum absolute atomic E-state index is 11.6. The Morgan fingerprint density at radius 3 is 2.68 bits per heavy atom. The van der Waals surface area contributed by atoms with E-state index < -0.39 is 5.60 Å². The van der Waals surface area contributed by atoms with Gasteiger partial charge in [-0.1, -0.05) is 13.3 Å². The van der Waals surface area contributed by atoms with Crippen molar-refractivity contribution >= 4 is 6.09 Å². The summed E-state index contributed by atoms with van der Waals surface area (Å²) in [6.07, 6.45) is 2.09. The first-order chi connectivity index (χ1) is 8.85. The molecule has 2 atom stereocenters. The SMILES string of the molecule is CCC1CCN(C(CN)CNC(=O)OC(C)(C)C)C1. The van der Waals surface area contributed by atoms with Crippen LogP contribution in [-0.4, -0.2) is 48.8 Å². The van der Waals surface area contributed by atoms with Gasteiger partial charge in [-0.05, 0) is 39.7 Å². The molecule has 2 unspecified atom stereocenters. The molecule has 0 bridgehead atoms. The lowest BCUT2D eigenvalue weighted by Gasteiger charge is -2.27. The van der Waals surface area contributed by atoms with Gasteiger partial charge in [-0.2, -0.15) is 0 Å². The summed E-state index contributed by atoms with van der Waals surface area (Å²) < 4.78 is 5.23. The molecule has 0 aromatic heterocycles. The number of hydrogen-bond acceptors (Lipinski definition) is 4. The number of rotatable bonds is 5. The molecule has 0 aromatic rings. The van der Waals surface area contributed by atoms with Gasteiger partial charge in [0.1, 0.15) is 5.60 Å². The zero-order valence-electron chi connectivity index (χ0n) is 12.7. The van der Waals surface area contributed by atoms with E-state index in [1.54, 1.807) is 0 Å². The maximum atomic E-state index is 11.6. The number of alkyl carbamates (subject to hydrolysis) is 1. The zero-order valence-corrected chi connectivity index (χ0v) is 12.7. The number of likely N-dealkylation sites (tertiary alicyclic amines) is 1. The summed E-state index contributed by atoms with van der Waals surface area (Å²) in [5.41, 5.74) is 5.36. The van der Waals surface area contributed by atoms with Crippen LogP contribution in [-0.2, 0) is 4.74 Å². The van der Waals surface area contributed by atoms with Crippen LogP contribution >= 0.6 is 0 Å². The Balaban J connectivity index is 2.35. The minimum absolute atomic E-state index is 0.212. The fourth-order valence-electron chi connectivity index (χ4n) is 2.40. The lowest BCUT2D eigenvalue weighted by atomic mass is 10.1. The van der Waals surface area contributed by atoms with Gasteiger partial charge < -0.3 is 15.8 Å². The van der Waals surface area contributed by atoms with Gasteiger partial charge in [-0.25, -0.2) is 4.79 Å². The number of hydrogen-bond donors (Lipinski definition) is 2. The van der Waals surface area contributed by atoms with Crippen LogP contribution in [0.1, 0.15) is 40.5 Å². The molecular weight excluding hydrogens is 242 g/mol. The van der Waals surface area contributed by atoms with E-state index in [-0.39, 0.29) is 12.1 Å². The van der Waals surface area contributed by atoms with Gasteiger partial charge in [-0.3, -0.25) is 4.90 Å². The Morgan fingerprint density at radius 2 is 2.21 bits per heavy atom. The molecule has 19 heavy (non-hydrogen) atoms. The standard InChI is InChI=1S/C14H29N3O2/c1-5-11-6-7-17(10-11)12(8-15)9-16-13(18)19-14(2,3)4/h11-12H,5-10,15H2,1-4H3,(H,16,18). The van der Waals surface area contributed by atoms with Crippen LogP contribution in [0.5, 0.6) is 0 Å². The monoisotopic (exact) mass is 271 g/mol. The van der Waals surface area contributed by atoms with Crippen LogP contribution < -0.4 is 11.1 Å². The quantitative estimate of drug-likeness (QED) is 0.796. The van der Waals surface area contributed by atoms with Crippen molar-refractivity contribution in [3.05, 3.63) is 0 Å². The Hall–Kier alpha value is -0.810. The molecule has 1 saturated heterocycles. The molecule has 0 aromatic carbocycles. The molecule has 1 rings (SSSR count). The highest BCUT2D eigenvalue weighted by atomic mass is 16.6. The first-order valence-electron chi connectivity index (χ1n) is 7.26. The van der Waals surface area contributed by atoms with E-state index in [0.717, 1.165) is 19.0 Å². The summed E-state index contributed by atoms with van der Waals surface area (Å²) in [7, 11) is 0. The van der Waals surface area contributed by atoms with Crippen molar-refractivity contribution in [1.82, 2.24) is 10.2 Å². The van der Waals surface area contributed by atoms with Crippen LogP contribution in [0.25, 0.3) is 0 Å². The predicted octanol–water partition coefficient (Wildman–Crippen LogP) is 1.57. The number of nitrogens with one attached hydrogen (secondary N) is 1. The molecule has 0 radical (unpaired) electrons. The Labute approximate surface area is 116 Å². The smallest absolute Gasteiger partial charge is 0.407 e. The third-order valence-electron chi connectivity index (χ3n) is 3.56. The van der Waals surface area contributed by atoms with Gasteiger partial charge >= 0.3 is 6.09 Å². The van der Waals surface area contributed by atoms with Crippen LogP contribution in [0.3, 0.4) is 0 Å². The fraction of sp³-hybridized carbons (Fsp3) is 0.929. The number of amides is 1. The summed E-state index contributed by atoms with van der Waals surface area (Å²) in [4.78, 5) is 14.0. The Kier molecular flexibility index (Phi) is 6.07. The van der Waals surface area contributed by atoms with Gasteiger partial charge in [0.25, 0.3) is 0 Å². The van der Waals surface area contributed by atoms with E-state index in [2.05, 4.69) is 17.1 Å². The highest BCUT2D eigenvalue weighted by molar-refractivity contribution is 5.67. The molecule has 0 aliphatic carbocycles. The van der Waals surface area contributed by atoms with Gasteiger partial charge in [0.15, 0.2) is 0 Å². The zero-order chi connectivity index (χ0) is 14.5. The van der Waals surface area contributed by atoms with Crippen molar-refractivity contribution in [2.24, 2.45) is 11.7 Å². The predicted molar refractivity (Wildman–Crippen MR) is 77.1 cm³/mol. The molecule has 1 amide bonds. The molecule has 3 N–H and O–H groups in total. The second kappa shape index (κ2) is 7.10. The van der Waals surface area contributed by atoms with Crippen molar-refractivity contribution in [2.45, 2.75) is 52.2 Å². The summed E-state index contributed by atoms with van der Waals surface area (Å²) >= 11 is 0. The molecule has 5 heteroatoms. The van der Waals surface area contributed by atoms with Gasteiger partial charge in [-0.15, -0.1) is 0 Å². The molecule has 0 spiro atoms. The normalized spacial score (nSPS) is 22.3. The van der Waals surface area contributed by atoms with E-state index in [4.69, 9.17) is 10.5 Å². The minimum Gasteiger partial charge on any atom is -0.444 e. The number of nitrogens with zero attached hydrogens (tertiary/aromatic N) is 1. The maximum Gasteiger partial charge on any atom is 0.407 e. The number of nitrogens with two attached hydrogens (primary N) is 1. The highest BCUT2D eigenvalue weighted by Crippen LogP contribution is 2.20. The fourth-order valence-corrected chi connectivity index (χ4v) is 2.40. The molecule has 1 aliphatic heterocycles. The van der Waals surface area contributed by atoms with Crippen molar-refractivity contribution in [2.75, 3.05) is 26.2 Å². The van der Waals surface area contributed by atoms with Crippen molar-refractivity contribution < 1.29 is 9.53 Å². The summed E-state index contributed by atoms with van der Waals surface area (Å²) in [5, 5.41) is 2.82. The van der Waals surface area contributed by atoms with Gasteiger partial charge in [0.2, 0.25) is 0 Å². The number of carbonyl (C=O) groups excluding carboxylic acids is 1. The summed E-state index contributed by atoms with van der Waals surface area (Å²) in [5.74, 6) is 0.774. The minimum atomic E-state index is -0.455. The van der Waals surface area contributed by atoms with Crippen molar-refractivity contribution in [3.8, 4) is 0 Å². The number of carbonyl (C=O) groups is 1. The average molecular weight is 271 g/mol. The van der Waals surface area contributed by atoms with E-state index in [1.807, 2.05) is 20.8 Å².